The largest absolute Gasteiger partial charge is 0.497 e. The van der Waals surface area contributed by atoms with E-state index in [1.807, 2.05) is 31.4 Å². The maximum atomic E-state index is 13.5. The normalized spacial score (nSPS) is 13.7. The van der Waals surface area contributed by atoms with Gasteiger partial charge in [-0.2, -0.15) is 0 Å². The van der Waals surface area contributed by atoms with E-state index in [0.29, 0.717) is 39.1 Å². The number of benzene rings is 2. The van der Waals surface area contributed by atoms with Gasteiger partial charge in [0.1, 0.15) is 22.9 Å². The summed E-state index contributed by atoms with van der Waals surface area (Å²) in [6, 6.07) is 15.8. The number of hydrogen-bond donors (Lipinski definition) is 1. The fraction of sp³-hybridized carbons (Fsp3) is 0.200. The second-order valence-corrected chi connectivity index (χ2v) is 8.47. The van der Waals surface area contributed by atoms with Gasteiger partial charge >= 0.3 is 0 Å². The van der Waals surface area contributed by atoms with Gasteiger partial charge in [0.05, 0.1) is 37.3 Å². The summed E-state index contributed by atoms with van der Waals surface area (Å²) in [6.45, 7) is 3.87. The molecule has 170 valence electrons. The van der Waals surface area contributed by atoms with Crippen molar-refractivity contribution in [1.29, 1.82) is 0 Å². The van der Waals surface area contributed by atoms with E-state index < -0.39 is 11.8 Å². The first-order chi connectivity index (χ1) is 15.9. The summed E-state index contributed by atoms with van der Waals surface area (Å²) < 4.78 is 16.4. The van der Waals surface area contributed by atoms with Crippen LogP contribution in [-0.2, 0) is 9.59 Å². The van der Waals surface area contributed by atoms with Crippen molar-refractivity contribution in [3.8, 4) is 17.2 Å². The lowest BCUT2D eigenvalue weighted by Crippen LogP contribution is -2.32. The highest BCUT2D eigenvalue weighted by Crippen LogP contribution is 2.38. The van der Waals surface area contributed by atoms with Crippen LogP contribution in [0.1, 0.15) is 18.7 Å². The highest BCUT2D eigenvalue weighted by molar-refractivity contribution is 7.11. The molecule has 2 heterocycles. The number of nitrogens with zero attached hydrogens (tertiary/aromatic N) is 1. The molecule has 0 radical (unpaired) electrons. The van der Waals surface area contributed by atoms with E-state index in [1.165, 1.54) is 23.3 Å². The number of thiophene rings is 1. The molecule has 0 spiro atoms. The van der Waals surface area contributed by atoms with E-state index in [-0.39, 0.29) is 11.8 Å². The highest BCUT2D eigenvalue weighted by Gasteiger charge is 2.41. The molecule has 1 aliphatic rings. The third-order valence-corrected chi connectivity index (χ3v) is 5.87. The Kier molecular flexibility index (Phi) is 6.37. The van der Waals surface area contributed by atoms with E-state index in [4.69, 9.17) is 14.2 Å². The second kappa shape index (κ2) is 9.38. The first kappa shape index (κ1) is 22.4. The number of anilines is 2. The van der Waals surface area contributed by atoms with Crippen LogP contribution in [0.15, 0.2) is 65.7 Å². The SMILES string of the molecule is COc1ccc(NC2=C(c3cccs3)C(=O)N(c3ccc(OC(C)C)cc3)C2=O)c(OC)c1. The molecule has 0 atom stereocenters. The minimum absolute atomic E-state index is 0.0216. The Morgan fingerprint density at radius 3 is 2.24 bits per heavy atom. The van der Waals surface area contributed by atoms with E-state index in [9.17, 15) is 9.59 Å². The number of imide groups is 1. The van der Waals surface area contributed by atoms with Crippen molar-refractivity contribution >= 4 is 40.1 Å². The van der Waals surface area contributed by atoms with Crippen LogP contribution in [-0.4, -0.2) is 32.1 Å². The van der Waals surface area contributed by atoms with Gasteiger partial charge < -0.3 is 19.5 Å². The zero-order valence-corrected chi connectivity index (χ0v) is 19.6. The van der Waals surface area contributed by atoms with Gasteiger partial charge in [-0.25, -0.2) is 4.90 Å². The Bertz CT molecular complexity index is 1200. The summed E-state index contributed by atoms with van der Waals surface area (Å²) in [7, 11) is 3.09. The molecule has 0 fully saturated rings. The predicted octanol–water partition coefficient (Wildman–Crippen LogP) is 4.95. The molecule has 0 bridgehead atoms. The number of methoxy groups -OCH3 is 2. The van der Waals surface area contributed by atoms with Gasteiger partial charge in [0.2, 0.25) is 0 Å². The topological polar surface area (TPSA) is 77.1 Å². The molecule has 2 amide bonds. The number of carbonyl (C=O) groups is 2. The van der Waals surface area contributed by atoms with Crippen LogP contribution in [0.2, 0.25) is 0 Å². The molecule has 0 saturated heterocycles. The summed E-state index contributed by atoms with van der Waals surface area (Å²) in [6.07, 6.45) is 0.0216. The number of amides is 2. The van der Waals surface area contributed by atoms with Gasteiger partial charge in [0.25, 0.3) is 11.8 Å². The van der Waals surface area contributed by atoms with Crippen molar-refractivity contribution in [2.75, 3.05) is 24.4 Å². The molecule has 2 aromatic carbocycles. The first-order valence-corrected chi connectivity index (χ1v) is 11.2. The molecule has 0 unspecified atom stereocenters. The molecule has 4 rings (SSSR count). The molecule has 1 N–H and O–H groups in total. The lowest BCUT2D eigenvalue weighted by Gasteiger charge is -2.17. The maximum Gasteiger partial charge on any atom is 0.282 e. The maximum absolute atomic E-state index is 13.5. The standard InChI is InChI=1S/C25H24N2O5S/c1-15(2)32-17-9-7-16(8-10-17)27-24(28)22(21-6-5-13-33-21)23(25(27)29)26-19-12-11-18(30-3)14-20(19)31-4/h5-15,26H,1-4H3. The number of ether oxygens (including phenoxy) is 3. The summed E-state index contributed by atoms with van der Waals surface area (Å²) in [4.78, 5) is 28.8. The Morgan fingerprint density at radius 2 is 1.64 bits per heavy atom. The number of carbonyl (C=O) groups excluding carboxylic acids is 2. The third kappa shape index (κ3) is 4.42. The van der Waals surface area contributed by atoms with Gasteiger partial charge in [0, 0.05) is 10.9 Å². The number of rotatable bonds is 8. The van der Waals surface area contributed by atoms with E-state index in [1.54, 1.807) is 49.6 Å². The summed E-state index contributed by atoms with van der Waals surface area (Å²) in [5.74, 6) is 0.930. The zero-order valence-electron chi connectivity index (χ0n) is 18.7. The Hall–Kier alpha value is -3.78. The average molecular weight is 465 g/mol. The lowest BCUT2D eigenvalue weighted by molar-refractivity contribution is -0.120. The van der Waals surface area contributed by atoms with Crippen molar-refractivity contribution in [3.05, 3.63) is 70.6 Å². The minimum Gasteiger partial charge on any atom is -0.497 e. The fourth-order valence-electron chi connectivity index (χ4n) is 3.51. The predicted molar refractivity (Wildman–Crippen MR) is 129 cm³/mol. The van der Waals surface area contributed by atoms with Gasteiger partial charge in [-0.05, 0) is 61.7 Å². The van der Waals surface area contributed by atoms with Crippen molar-refractivity contribution < 1.29 is 23.8 Å². The quantitative estimate of drug-likeness (QED) is 0.476. The zero-order chi connectivity index (χ0) is 23.5. The number of nitrogens with one attached hydrogen (secondary N) is 1. The second-order valence-electron chi connectivity index (χ2n) is 7.52. The molecule has 3 aromatic rings. The smallest absolute Gasteiger partial charge is 0.282 e. The third-order valence-electron chi connectivity index (χ3n) is 4.99. The van der Waals surface area contributed by atoms with Crippen molar-refractivity contribution in [2.24, 2.45) is 0 Å². The lowest BCUT2D eigenvalue weighted by atomic mass is 10.1. The minimum atomic E-state index is -0.446. The Balaban J connectivity index is 1.73. The Labute approximate surface area is 196 Å². The molecule has 8 heteroatoms. The van der Waals surface area contributed by atoms with Crippen LogP contribution in [0.4, 0.5) is 11.4 Å². The molecular weight excluding hydrogens is 440 g/mol. The first-order valence-electron chi connectivity index (χ1n) is 10.4. The van der Waals surface area contributed by atoms with Gasteiger partial charge in [-0.3, -0.25) is 9.59 Å². The number of hydrogen-bond acceptors (Lipinski definition) is 7. The van der Waals surface area contributed by atoms with E-state index in [2.05, 4.69) is 5.32 Å². The van der Waals surface area contributed by atoms with Crippen LogP contribution in [0.5, 0.6) is 17.2 Å². The van der Waals surface area contributed by atoms with E-state index >= 15 is 0 Å². The van der Waals surface area contributed by atoms with Crippen LogP contribution < -0.4 is 24.4 Å². The van der Waals surface area contributed by atoms with Gasteiger partial charge in [0.15, 0.2) is 0 Å². The highest BCUT2D eigenvalue weighted by atomic mass is 32.1. The van der Waals surface area contributed by atoms with Crippen molar-refractivity contribution in [2.45, 2.75) is 20.0 Å². The van der Waals surface area contributed by atoms with Crippen LogP contribution in [0.25, 0.3) is 5.57 Å². The van der Waals surface area contributed by atoms with Gasteiger partial charge in [-0.15, -0.1) is 11.3 Å². The van der Waals surface area contributed by atoms with Gasteiger partial charge in [-0.1, -0.05) is 6.07 Å². The van der Waals surface area contributed by atoms with Crippen molar-refractivity contribution in [1.82, 2.24) is 0 Å². The van der Waals surface area contributed by atoms with Crippen LogP contribution >= 0.6 is 11.3 Å². The van der Waals surface area contributed by atoms with E-state index in [0.717, 1.165) is 0 Å². The molecule has 0 saturated carbocycles. The molecule has 33 heavy (non-hydrogen) atoms. The van der Waals surface area contributed by atoms with Crippen LogP contribution in [0.3, 0.4) is 0 Å². The van der Waals surface area contributed by atoms with Crippen LogP contribution in [0, 0.1) is 0 Å². The molecular formula is C25H24N2O5S. The summed E-state index contributed by atoms with van der Waals surface area (Å²) >= 11 is 1.39. The monoisotopic (exact) mass is 464 g/mol. The van der Waals surface area contributed by atoms with Crippen molar-refractivity contribution in [3.63, 3.8) is 0 Å². The fourth-order valence-corrected chi connectivity index (χ4v) is 4.28. The molecule has 1 aromatic heterocycles. The summed E-state index contributed by atoms with van der Waals surface area (Å²) in [5, 5.41) is 5.00. The average Bonchev–Trinajstić information content (AvgIpc) is 3.41. The molecule has 7 nitrogen and oxygen atoms in total. The molecule has 1 aliphatic heterocycles. The molecule has 0 aliphatic carbocycles. The Morgan fingerprint density at radius 1 is 0.909 bits per heavy atom. The summed E-state index contributed by atoms with van der Waals surface area (Å²) in [5.41, 5.74) is 1.52.